The molecule has 0 atom stereocenters. The van der Waals surface area contributed by atoms with Crippen LogP contribution in [0.15, 0.2) is 18.2 Å². The van der Waals surface area contributed by atoms with Crippen LogP contribution >= 0.6 is 0 Å². The third-order valence-corrected chi connectivity index (χ3v) is 2.58. The first-order valence-electron chi connectivity index (χ1n) is 6.32. The number of unbranched alkanes of at least 4 members (excludes halogenated alkanes) is 1. The molecule has 0 saturated carbocycles. The maximum atomic E-state index is 11.6. The number of amides is 2. The highest BCUT2D eigenvalue weighted by atomic mass is 16.4. The summed E-state index contributed by atoms with van der Waals surface area (Å²) in [5.74, 6) is -0.806. The summed E-state index contributed by atoms with van der Waals surface area (Å²) >= 11 is 0. The molecule has 0 aromatic heterocycles. The van der Waals surface area contributed by atoms with E-state index in [9.17, 15) is 9.59 Å². The molecule has 0 aliphatic heterocycles. The van der Waals surface area contributed by atoms with Crippen molar-refractivity contribution < 1.29 is 14.7 Å². The predicted molar refractivity (Wildman–Crippen MR) is 74.4 cm³/mol. The number of rotatable bonds is 6. The highest BCUT2D eigenvalue weighted by molar-refractivity contribution is 5.89. The van der Waals surface area contributed by atoms with E-state index in [1.165, 1.54) is 0 Å². The molecule has 0 aliphatic carbocycles. The fourth-order valence-electron chi connectivity index (χ4n) is 1.83. The molecule has 1 aromatic rings. The summed E-state index contributed by atoms with van der Waals surface area (Å²) in [6, 6.07) is 5.57. The van der Waals surface area contributed by atoms with E-state index in [0.29, 0.717) is 19.4 Å². The van der Waals surface area contributed by atoms with Gasteiger partial charge >= 0.3 is 12.0 Å². The second-order valence-corrected chi connectivity index (χ2v) is 4.61. The topological polar surface area (TPSA) is 78.4 Å². The van der Waals surface area contributed by atoms with Crippen molar-refractivity contribution in [3.05, 3.63) is 29.3 Å². The zero-order chi connectivity index (χ0) is 14.3. The number of carbonyl (C=O) groups excluding carboxylic acids is 1. The summed E-state index contributed by atoms with van der Waals surface area (Å²) in [5, 5.41) is 13.9. The molecule has 0 fully saturated rings. The summed E-state index contributed by atoms with van der Waals surface area (Å²) < 4.78 is 0. The molecule has 5 heteroatoms. The molecule has 0 unspecified atom stereocenters. The molecular weight excluding hydrogens is 244 g/mol. The van der Waals surface area contributed by atoms with Crippen LogP contribution in [0.5, 0.6) is 0 Å². The zero-order valence-electron chi connectivity index (χ0n) is 11.3. The Morgan fingerprint density at radius 1 is 1.11 bits per heavy atom. The van der Waals surface area contributed by atoms with Crippen molar-refractivity contribution in [2.75, 3.05) is 11.9 Å². The van der Waals surface area contributed by atoms with Gasteiger partial charge in [0.1, 0.15) is 0 Å². The Balaban J connectivity index is 2.29. The van der Waals surface area contributed by atoms with Crippen LogP contribution in [0.3, 0.4) is 0 Å². The number of aliphatic carboxylic acids is 1. The number of nitrogens with one attached hydrogen (secondary N) is 2. The molecule has 1 aromatic carbocycles. The van der Waals surface area contributed by atoms with E-state index in [-0.39, 0.29) is 12.5 Å². The quantitative estimate of drug-likeness (QED) is 0.691. The van der Waals surface area contributed by atoms with Crippen LogP contribution in [0.25, 0.3) is 0 Å². The van der Waals surface area contributed by atoms with Crippen molar-refractivity contribution in [2.24, 2.45) is 0 Å². The number of carboxylic acids is 1. The van der Waals surface area contributed by atoms with Gasteiger partial charge in [0.15, 0.2) is 0 Å². The Labute approximate surface area is 113 Å². The lowest BCUT2D eigenvalue weighted by Gasteiger charge is -2.09. The van der Waals surface area contributed by atoms with E-state index >= 15 is 0 Å². The Hall–Kier alpha value is -2.04. The summed E-state index contributed by atoms with van der Waals surface area (Å²) in [6.45, 7) is 4.42. The first kappa shape index (κ1) is 15.0. The van der Waals surface area contributed by atoms with E-state index in [2.05, 4.69) is 10.6 Å². The maximum Gasteiger partial charge on any atom is 0.319 e. The predicted octanol–water partition coefficient (Wildman–Crippen LogP) is 2.68. The summed E-state index contributed by atoms with van der Waals surface area (Å²) in [7, 11) is 0. The van der Waals surface area contributed by atoms with Gasteiger partial charge in [0, 0.05) is 18.7 Å². The SMILES string of the molecule is Cc1cc(C)cc(NC(=O)NCCCCC(=O)O)c1. The van der Waals surface area contributed by atoms with Gasteiger partial charge in [0.25, 0.3) is 0 Å². The molecular formula is C14H20N2O3. The molecule has 0 heterocycles. The van der Waals surface area contributed by atoms with Gasteiger partial charge in [-0.25, -0.2) is 4.79 Å². The van der Waals surface area contributed by atoms with E-state index in [0.717, 1.165) is 16.8 Å². The number of aryl methyl sites for hydroxylation is 2. The van der Waals surface area contributed by atoms with E-state index in [1.807, 2.05) is 32.0 Å². The van der Waals surface area contributed by atoms with Gasteiger partial charge in [-0.1, -0.05) is 6.07 Å². The molecule has 3 N–H and O–H groups in total. The van der Waals surface area contributed by atoms with Crippen LogP contribution in [-0.4, -0.2) is 23.7 Å². The van der Waals surface area contributed by atoms with Crippen molar-refractivity contribution >= 4 is 17.7 Å². The molecule has 0 bridgehead atoms. The number of carbonyl (C=O) groups is 2. The summed E-state index contributed by atoms with van der Waals surface area (Å²) in [4.78, 5) is 21.9. The van der Waals surface area contributed by atoms with Crippen LogP contribution in [0.2, 0.25) is 0 Å². The molecule has 104 valence electrons. The molecule has 0 saturated heterocycles. The van der Waals surface area contributed by atoms with Crippen LogP contribution in [-0.2, 0) is 4.79 Å². The maximum absolute atomic E-state index is 11.6. The number of hydrogen-bond donors (Lipinski definition) is 3. The average Bonchev–Trinajstić information content (AvgIpc) is 2.26. The first-order chi connectivity index (χ1) is 8.97. The summed E-state index contributed by atoms with van der Waals surface area (Å²) in [5.41, 5.74) is 2.95. The number of anilines is 1. The van der Waals surface area contributed by atoms with Crippen molar-refractivity contribution in [1.29, 1.82) is 0 Å². The number of hydrogen-bond acceptors (Lipinski definition) is 2. The van der Waals surface area contributed by atoms with Crippen molar-refractivity contribution in [3.8, 4) is 0 Å². The van der Waals surface area contributed by atoms with Gasteiger partial charge in [-0.15, -0.1) is 0 Å². The number of carboxylic acid groups (broad SMARTS) is 1. The Morgan fingerprint density at radius 2 is 1.74 bits per heavy atom. The zero-order valence-corrected chi connectivity index (χ0v) is 11.3. The van der Waals surface area contributed by atoms with Gasteiger partial charge < -0.3 is 15.7 Å². The lowest BCUT2D eigenvalue weighted by Crippen LogP contribution is -2.29. The molecule has 5 nitrogen and oxygen atoms in total. The highest BCUT2D eigenvalue weighted by Gasteiger charge is 2.02. The van der Waals surface area contributed by atoms with E-state index < -0.39 is 5.97 Å². The van der Waals surface area contributed by atoms with Crippen molar-refractivity contribution in [1.82, 2.24) is 5.32 Å². The molecule has 19 heavy (non-hydrogen) atoms. The third kappa shape index (κ3) is 6.45. The highest BCUT2D eigenvalue weighted by Crippen LogP contribution is 2.13. The van der Waals surface area contributed by atoms with Gasteiger partial charge in [-0.2, -0.15) is 0 Å². The number of benzene rings is 1. The van der Waals surface area contributed by atoms with Crippen molar-refractivity contribution in [3.63, 3.8) is 0 Å². The van der Waals surface area contributed by atoms with Gasteiger partial charge in [0.05, 0.1) is 0 Å². The monoisotopic (exact) mass is 264 g/mol. The lowest BCUT2D eigenvalue weighted by molar-refractivity contribution is -0.137. The van der Waals surface area contributed by atoms with Gasteiger partial charge in [0.2, 0.25) is 0 Å². The van der Waals surface area contributed by atoms with Gasteiger partial charge in [-0.3, -0.25) is 4.79 Å². The van der Waals surface area contributed by atoms with Crippen molar-refractivity contribution in [2.45, 2.75) is 33.1 Å². The molecule has 0 spiro atoms. The second-order valence-electron chi connectivity index (χ2n) is 4.61. The fraction of sp³-hybridized carbons (Fsp3) is 0.429. The van der Waals surface area contributed by atoms with E-state index in [1.54, 1.807) is 0 Å². The minimum Gasteiger partial charge on any atom is -0.481 e. The Morgan fingerprint density at radius 3 is 2.32 bits per heavy atom. The normalized spacial score (nSPS) is 10.0. The fourth-order valence-corrected chi connectivity index (χ4v) is 1.83. The standard InChI is InChI=1S/C14H20N2O3/c1-10-7-11(2)9-12(8-10)16-14(19)15-6-4-3-5-13(17)18/h7-9H,3-6H2,1-2H3,(H,17,18)(H2,15,16,19). The summed E-state index contributed by atoms with van der Waals surface area (Å²) in [6.07, 6.45) is 1.37. The number of urea groups is 1. The minimum absolute atomic E-state index is 0.139. The molecule has 0 aliphatic rings. The van der Waals surface area contributed by atoms with Crippen LogP contribution < -0.4 is 10.6 Å². The molecule has 2 amide bonds. The van der Waals surface area contributed by atoms with Crippen LogP contribution in [0.1, 0.15) is 30.4 Å². The van der Waals surface area contributed by atoms with Crippen LogP contribution in [0.4, 0.5) is 10.5 Å². The molecule has 1 rings (SSSR count). The third-order valence-electron chi connectivity index (χ3n) is 2.58. The largest absolute Gasteiger partial charge is 0.481 e. The minimum atomic E-state index is -0.806. The van der Waals surface area contributed by atoms with E-state index in [4.69, 9.17) is 5.11 Å². The van der Waals surface area contributed by atoms with Gasteiger partial charge in [-0.05, 0) is 49.9 Å². The lowest BCUT2D eigenvalue weighted by atomic mass is 10.1. The second kappa shape index (κ2) is 7.41. The average molecular weight is 264 g/mol. The molecule has 0 radical (unpaired) electrons. The first-order valence-corrected chi connectivity index (χ1v) is 6.32. The van der Waals surface area contributed by atoms with Crippen LogP contribution in [0, 0.1) is 13.8 Å². The smallest absolute Gasteiger partial charge is 0.319 e. The Kier molecular flexibility index (Phi) is 5.85. The Bertz CT molecular complexity index is 438.